The third-order valence-electron chi connectivity index (χ3n) is 2.04. The van der Waals surface area contributed by atoms with Crippen molar-refractivity contribution in [2.75, 3.05) is 5.43 Å². The van der Waals surface area contributed by atoms with Crippen LogP contribution in [-0.2, 0) is 0 Å². The molecule has 0 aliphatic carbocycles. The molecule has 94 valence electrons. The van der Waals surface area contributed by atoms with Crippen molar-refractivity contribution in [2.24, 2.45) is 10.8 Å². The maximum atomic E-state index is 8.68. The van der Waals surface area contributed by atoms with E-state index in [9.17, 15) is 0 Å². The first-order chi connectivity index (χ1) is 8.38. The van der Waals surface area contributed by atoms with Crippen LogP contribution < -0.4 is 11.2 Å². The lowest BCUT2D eigenvalue weighted by Crippen LogP contribution is -2.22. The summed E-state index contributed by atoms with van der Waals surface area (Å²) in [6, 6.07) is 3.16. The molecule has 0 spiro atoms. The van der Waals surface area contributed by atoms with Crippen LogP contribution in [0.1, 0.15) is 5.56 Å². The Morgan fingerprint density at radius 3 is 2.56 bits per heavy atom. The number of nitriles is 1. The highest BCUT2D eigenvalue weighted by Crippen LogP contribution is 2.37. The van der Waals surface area contributed by atoms with Crippen molar-refractivity contribution in [1.29, 1.82) is 10.7 Å². The lowest BCUT2D eigenvalue weighted by molar-refractivity contribution is 1.32. The van der Waals surface area contributed by atoms with Gasteiger partial charge in [-0.25, -0.2) is 0 Å². The Labute approximate surface area is 119 Å². The lowest BCUT2D eigenvalue weighted by atomic mass is 10.2. The predicted molar refractivity (Wildman–Crippen MR) is 74.8 cm³/mol. The second-order valence-corrected chi connectivity index (χ2v) is 4.44. The number of nitrogens with zero attached hydrogens (tertiary/aromatic N) is 2. The smallest absolute Gasteiger partial charge is 0.201 e. The maximum Gasteiger partial charge on any atom is 0.201 e. The molecule has 4 N–H and O–H groups in total. The van der Waals surface area contributed by atoms with Gasteiger partial charge in [0.2, 0.25) is 5.71 Å². The molecule has 0 heterocycles. The summed E-state index contributed by atoms with van der Waals surface area (Å²) in [5.74, 6) is -0.456. The van der Waals surface area contributed by atoms with E-state index in [1.54, 1.807) is 13.0 Å². The topological polar surface area (TPSA) is 98.0 Å². The molecule has 0 saturated carbocycles. The van der Waals surface area contributed by atoms with Crippen molar-refractivity contribution in [1.82, 2.24) is 0 Å². The quantitative estimate of drug-likeness (QED) is 0.454. The lowest BCUT2D eigenvalue weighted by Gasteiger charge is -2.10. The summed E-state index contributed by atoms with van der Waals surface area (Å²) in [5.41, 5.74) is 8.31. The van der Waals surface area contributed by atoms with Crippen LogP contribution >= 0.6 is 34.8 Å². The Hall–Kier alpha value is -1.48. The molecule has 0 radical (unpaired) electrons. The fraction of sp³-hybridized carbons (Fsp3) is 0.100. The fourth-order valence-corrected chi connectivity index (χ4v) is 1.90. The van der Waals surface area contributed by atoms with E-state index >= 15 is 0 Å². The molecule has 1 aromatic carbocycles. The summed E-state index contributed by atoms with van der Waals surface area (Å²) in [6.45, 7) is 1.71. The average molecular weight is 305 g/mol. The molecule has 1 rings (SSSR count). The van der Waals surface area contributed by atoms with Gasteiger partial charge in [-0.05, 0) is 18.6 Å². The van der Waals surface area contributed by atoms with Gasteiger partial charge in [0.25, 0.3) is 0 Å². The van der Waals surface area contributed by atoms with Crippen LogP contribution in [0, 0.1) is 23.7 Å². The Balaban J connectivity index is 3.18. The summed E-state index contributed by atoms with van der Waals surface area (Å²) in [6.07, 6.45) is 0. The second-order valence-electron chi connectivity index (χ2n) is 3.25. The Morgan fingerprint density at radius 1 is 1.44 bits per heavy atom. The molecular formula is C10H8Cl3N5. The van der Waals surface area contributed by atoms with Crippen LogP contribution in [0.2, 0.25) is 15.1 Å². The normalized spacial score (nSPS) is 10.9. The number of nitrogens with two attached hydrogens (primary N) is 1. The van der Waals surface area contributed by atoms with Crippen LogP contribution in [0.25, 0.3) is 0 Å². The van der Waals surface area contributed by atoms with Crippen LogP contribution in [0.4, 0.5) is 5.69 Å². The summed E-state index contributed by atoms with van der Waals surface area (Å²) in [4.78, 5) is 0. The largest absolute Gasteiger partial charge is 0.382 e. The average Bonchev–Trinajstić information content (AvgIpc) is 2.30. The molecule has 0 aliphatic heterocycles. The number of rotatable bonds is 3. The van der Waals surface area contributed by atoms with Crippen LogP contribution in [-0.4, -0.2) is 11.5 Å². The highest BCUT2D eigenvalue weighted by molar-refractivity contribution is 6.46. The van der Waals surface area contributed by atoms with Gasteiger partial charge >= 0.3 is 0 Å². The number of hydrogen-bond donors (Lipinski definition) is 3. The van der Waals surface area contributed by atoms with E-state index in [0.29, 0.717) is 16.3 Å². The van der Waals surface area contributed by atoms with Crippen molar-refractivity contribution < 1.29 is 0 Å². The van der Waals surface area contributed by atoms with Gasteiger partial charge in [0.15, 0.2) is 5.84 Å². The molecule has 0 saturated heterocycles. The first-order valence-electron chi connectivity index (χ1n) is 4.60. The van der Waals surface area contributed by atoms with Crippen LogP contribution in [0.5, 0.6) is 0 Å². The number of hydrazone groups is 1. The molecule has 18 heavy (non-hydrogen) atoms. The molecule has 8 heteroatoms. The molecule has 0 unspecified atom stereocenters. The van der Waals surface area contributed by atoms with E-state index < -0.39 is 5.84 Å². The third kappa shape index (κ3) is 3.05. The molecule has 5 nitrogen and oxygen atoms in total. The van der Waals surface area contributed by atoms with E-state index in [0.717, 1.165) is 0 Å². The number of amidine groups is 1. The third-order valence-corrected chi connectivity index (χ3v) is 3.20. The monoisotopic (exact) mass is 303 g/mol. The summed E-state index contributed by atoms with van der Waals surface area (Å²) in [7, 11) is 0. The number of anilines is 1. The number of nitrogens with one attached hydrogen (secondary N) is 2. The molecule has 0 atom stereocenters. The van der Waals surface area contributed by atoms with Crippen molar-refractivity contribution in [3.05, 3.63) is 26.7 Å². The highest BCUT2D eigenvalue weighted by atomic mass is 35.5. The van der Waals surface area contributed by atoms with Crippen molar-refractivity contribution in [3.8, 4) is 6.07 Å². The highest BCUT2D eigenvalue weighted by Gasteiger charge is 2.12. The second kappa shape index (κ2) is 5.91. The minimum atomic E-state index is -0.456. The van der Waals surface area contributed by atoms with Gasteiger partial charge in [-0.1, -0.05) is 34.8 Å². The van der Waals surface area contributed by atoms with Crippen LogP contribution in [0.15, 0.2) is 11.2 Å². The molecule has 0 aliphatic rings. The van der Waals surface area contributed by atoms with Gasteiger partial charge < -0.3 is 5.73 Å². The van der Waals surface area contributed by atoms with Crippen molar-refractivity contribution in [2.45, 2.75) is 6.92 Å². The van der Waals surface area contributed by atoms with Gasteiger partial charge in [-0.2, -0.15) is 10.4 Å². The fourth-order valence-electron chi connectivity index (χ4n) is 1.05. The predicted octanol–water partition coefficient (Wildman–Crippen LogP) is 3.18. The van der Waals surface area contributed by atoms with E-state index in [1.807, 2.05) is 0 Å². The zero-order chi connectivity index (χ0) is 13.9. The zero-order valence-electron chi connectivity index (χ0n) is 9.18. The number of halogens is 3. The zero-order valence-corrected chi connectivity index (χ0v) is 11.5. The summed E-state index contributed by atoms with van der Waals surface area (Å²) < 4.78 is 0. The van der Waals surface area contributed by atoms with Gasteiger partial charge in [0, 0.05) is 5.02 Å². The van der Waals surface area contributed by atoms with Crippen LogP contribution in [0.3, 0.4) is 0 Å². The molecule has 0 bridgehead atoms. The first kappa shape index (κ1) is 14.6. The number of hydrogen-bond acceptors (Lipinski definition) is 4. The Morgan fingerprint density at radius 2 is 2.06 bits per heavy atom. The summed E-state index contributed by atoms with van der Waals surface area (Å²) >= 11 is 17.9. The van der Waals surface area contributed by atoms with E-state index in [4.69, 9.17) is 51.2 Å². The standard InChI is InChI=1S/C10H8Cl3N5/c1-4-5(11)2-6(12)9(8(4)13)18-17-7(3-14)10(15)16/h2,18H,1H3,(H3,15,16)/b17-7+. The Kier molecular flexibility index (Phi) is 4.79. The summed E-state index contributed by atoms with van der Waals surface area (Å²) in [5, 5.41) is 20.4. The molecule has 0 amide bonds. The SMILES string of the molecule is Cc1c(Cl)cc(Cl)c(N/N=C(\C#N)C(=N)N)c1Cl. The molecule has 0 fully saturated rings. The minimum Gasteiger partial charge on any atom is -0.382 e. The van der Waals surface area contributed by atoms with Gasteiger partial charge in [0.05, 0.1) is 15.7 Å². The van der Waals surface area contributed by atoms with Crippen molar-refractivity contribution in [3.63, 3.8) is 0 Å². The van der Waals surface area contributed by atoms with E-state index in [1.165, 1.54) is 6.07 Å². The molecule has 1 aromatic rings. The molecular weight excluding hydrogens is 297 g/mol. The van der Waals surface area contributed by atoms with E-state index in [2.05, 4.69) is 10.5 Å². The minimum absolute atomic E-state index is 0.250. The van der Waals surface area contributed by atoms with Gasteiger partial charge in [0.1, 0.15) is 6.07 Å². The van der Waals surface area contributed by atoms with E-state index in [-0.39, 0.29) is 15.8 Å². The number of benzene rings is 1. The Bertz CT molecular complexity index is 574. The van der Waals surface area contributed by atoms with Crippen molar-refractivity contribution >= 4 is 52.0 Å². The van der Waals surface area contributed by atoms with Gasteiger partial charge in [-0.15, -0.1) is 0 Å². The molecule has 0 aromatic heterocycles. The maximum absolute atomic E-state index is 8.68. The first-order valence-corrected chi connectivity index (χ1v) is 5.74. The van der Waals surface area contributed by atoms with Gasteiger partial charge in [-0.3, -0.25) is 10.8 Å².